The SMILES string of the molecule is Cc1ccc2c(c1)c(=O)c(C(=O)Cc1ccc(Oc3ncnc4c3c(-c3ccccc3)cn4CO)c(F)c1)c(C)n2C. The van der Waals surface area contributed by atoms with E-state index in [9.17, 15) is 14.7 Å². The van der Waals surface area contributed by atoms with E-state index in [1.165, 1.54) is 18.5 Å². The lowest BCUT2D eigenvalue weighted by Crippen LogP contribution is -2.23. The molecule has 3 aromatic heterocycles. The zero-order valence-electron chi connectivity index (χ0n) is 23.3. The lowest BCUT2D eigenvalue weighted by molar-refractivity contribution is 0.0990. The van der Waals surface area contributed by atoms with Crippen molar-refractivity contribution < 1.29 is 19.0 Å². The number of hydrogen-bond donors (Lipinski definition) is 1. The first kappa shape index (κ1) is 27.0. The van der Waals surface area contributed by atoms with Gasteiger partial charge >= 0.3 is 0 Å². The average Bonchev–Trinajstić information content (AvgIpc) is 3.38. The number of carbonyl (C=O) groups excluding carboxylic acids is 1. The van der Waals surface area contributed by atoms with Crippen LogP contribution in [0.5, 0.6) is 11.6 Å². The lowest BCUT2D eigenvalue weighted by atomic mass is 9.98. The Balaban J connectivity index is 1.33. The molecule has 3 heterocycles. The summed E-state index contributed by atoms with van der Waals surface area (Å²) in [7, 11) is 1.82. The van der Waals surface area contributed by atoms with Gasteiger partial charge in [0.05, 0.1) is 16.5 Å². The predicted molar refractivity (Wildman–Crippen MR) is 158 cm³/mol. The highest BCUT2D eigenvalue weighted by atomic mass is 19.1. The fourth-order valence-electron chi connectivity index (χ4n) is 5.33. The van der Waals surface area contributed by atoms with Gasteiger partial charge in [0, 0.05) is 36.3 Å². The van der Waals surface area contributed by atoms with E-state index in [-0.39, 0.29) is 41.6 Å². The number of hydrogen-bond acceptors (Lipinski definition) is 6. The second-order valence-corrected chi connectivity index (χ2v) is 10.2. The number of halogens is 1. The number of rotatable bonds is 7. The fourth-order valence-corrected chi connectivity index (χ4v) is 5.33. The van der Waals surface area contributed by atoms with Gasteiger partial charge in [0.25, 0.3) is 0 Å². The molecule has 0 aliphatic carbocycles. The molecule has 0 aliphatic heterocycles. The number of aromatic nitrogens is 4. The van der Waals surface area contributed by atoms with Crippen LogP contribution in [0.3, 0.4) is 0 Å². The van der Waals surface area contributed by atoms with Crippen LogP contribution < -0.4 is 10.2 Å². The van der Waals surface area contributed by atoms with Crippen LogP contribution in [-0.4, -0.2) is 30.0 Å². The number of aryl methyl sites for hydroxylation is 2. The molecule has 6 aromatic rings. The van der Waals surface area contributed by atoms with Gasteiger partial charge < -0.3 is 19.0 Å². The topological polar surface area (TPSA) is 99.2 Å². The van der Waals surface area contributed by atoms with Crippen LogP contribution in [0, 0.1) is 19.7 Å². The highest BCUT2D eigenvalue weighted by Gasteiger charge is 2.21. The maximum absolute atomic E-state index is 15.4. The van der Waals surface area contributed by atoms with Crippen LogP contribution >= 0.6 is 0 Å². The normalized spacial score (nSPS) is 11.4. The number of aliphatic hydroxyl groups excluding tert-OH is 1. The predicted octanol–water partition coefficient (Wildman–Crippen LogP) is 5.87. The van der Waals surface area contributed by atoms with Gasteiger partial charge in [0.2, 0.25) is 5.88 Å². The molecule has 0 amide bonds. The third-order valence-corrected chi connectivity index (χ3v) is 7.55. The second kappa shape index (κ2) is 10.7. The summed E-state index contributed by atoms with van der Waals surface area (Å²) in [6.07, 6.45) is 2.88. The van der Waals surface area contributed by atoms with E-state index in [4.69, 9.17) is 4.74 Å². The van der Waals surface area contributed by atoms with Gasteiger partial charge in [-0.05, 0) is 49.2 Å². The summed E-state index contributed by atoms with van der Waals surface area (Å²) in [6, 6.07) is 19.3. The summed E-state index contributed by atoms with van der Waals surface area (Å²) in [5.41, 5.74) is 4.41. The van der Waals surface area contributed by atoms with Crippen molar-refractivity contribution in [2.45, 2.75) is 27.0 Å². The minimum Gasteiger partial charge on any atom is -0.435 e. The Bertz CT molecular complexity index is 2070. The Kier molecular flexibility index (Phi) is 6.88. The van der Waals surface area contributed by atoms with Crippen molar-refractivity contribution in [3.63, 3.8) is 0 Å². The zero-order valence-corrected chi connectivity index (χ0v) is 23.3. The first-order valence-corrected chi connectivity index (χ1v) is 13.4. The van der Waals surface area contributed by atoms with Crippen LogP contribution in [0.15, 0.2) is 84.0 Å². The standard InChI is InChI=1S/C33H27FN4O4/c1-19-9-11-26-23(13-19)31(41)29(20(2)37(26)3)27(40)15-21-10-12-28(25(34)14-21)42-33-30-24(22-7-5-4-6-8-22)16-38(18-39)32(30)35-17-36-33/h4-14,16-17,39H,15,18H2,1-3H3. The maximum Gasteiger partial charge on any atom is 0.232 e. The van der Waals surface area contributed by atoms with Crippen molar-refractivity contribution in [3.05, 3.63) is 118 Å². The highest BCUT2D eigenvalue weighted by molar-refractivity contribution is 6.01. The van der Waals surface area contributed by atoms with Crippen molar-refractivity contribution in [1.82, 2.24) is 19.1 Å². The Morgan fingerprint density at radius 2 is 1.81 bits per heavy atom. The number of pyridine rings is 1. The summed E-state index contributed by atoms with van der Waals surface area (Å²) in [6.45, 7) is 3.32. The summed E-state index contributed by atoms with van der Waals surface area (Å²) in [4.78, 5) is 35.2. The number of Topliss-reactive ketones (excluding diaryl/α,β-unsaturated/α-hetero) is 1. The summed E-state index contributed by atoms with van der Waals surface area (Å²) < 4.78 is 24.7. The molecule has 0 radical (unpaired) electrons. The van der Waals surface area contributed by atoms with Crippen molar-refractivity contribution in [2.75, 3.05) is 0 Å². The second-order valence-electron chi connectivity index (χ2n) is 10.2. The van der Waals surface area contributed by atoms with Gasteiger partial charge in [-0.2, -0.15) is 0 Å². The quantitative estimate of drug-likeness (QED) is 0.244. The van der Waals surface area contributed by atoms with Crippen LogP contribution in [0.4, 0.5) is 4.39 Å². The van der Waals surface area contributed by atoms with Gasteiger partial charge in [-0.25, -0.2) is 14.4 Å². The van der Waals surface area contributed by atoms with Crippen molar-refractivity contribution in [2.24, 2.45) is 7.05 Å². The van der Waals surface area contributed by atoms with E-state index in [1.807, 2.05) is 61.0 Å². The zero-order chi connectivity index (χ0) is 29.5. The Labute approximate surface area is 240 Å². The minimum absolute atomic E-state index is 0.0877. The molecular weight excluding hydrogens is 535 g/mol. The van der Waals surface area contributed by atoms with E-state index < -0.39 is 5.82 Å². The molecular formula is C33H27FN4O4. The van der Waals surface area contributed by atoms with Crippen molar-refractivity contribution >= 4 is 27.7 Å². The molecule has 9 heteroatoms. The number of carbonyl (C=O) groups is 1. The van der Waals surface area contributed by atoms with Gasteiger partial charge in [-0.3, -0.25) is 9.59 Å². The number of fused-ring (bicyclic) bond motifs is 2. The summed E-state index contributed by atoms with van der Waals surface area (Å²) in [5, 5.41) is 10.9. The Morgan fingerprint density at radius 1 is 1.02 bits per heavy atom. The number of nitrogens with zero attached hydrogens (tertiary/aromatic N) is 4. The molecule has 3 aromatic carbocycles. The third kappa shape index (κ3) is 4.63. The lowest BCUT2D eigenvalue weighted by Gasteiger charge is -2.14. The molecule has 210 valence electrons. The molecule has 0 spiro atoms. The molecule has 42 heavy (non-hydrogen) atoms. The molecule has 0 bridgehead atoms. The molecule has 0 aliphatic rings. The minimum atomic E-state index is -0.686. The summed E-state index contributed by atoms with van der Waals surface area (Å²) in [5.74, 6) is -1.04. The molecule has 0 saturated carbocycles. The Morgan fingerprint density at radius 3 is 2.55 bits per heavy atom. The maximum atomic E-state index is 15.4. The fraction of sp³-hybridized carbons (Fsp3) is 0.152. The first-order valence-electron chi connectivity index (χ1n) is 13.4. The molecule has 0 unspecified atom stereocenters. The molecule has 0 atom stereocenters. The van der Waals surface area contributed by atoms with E-state index in [0.29, 0.717) is 27.7 Å². The van der Waals surface area contributed by atoms with E-state index >= 15 is 4.39 Å². The molecule has 0 fully saturated rings. The van der Waals surface area contributed by atoms with Crippen LogP contribution in [0.1, 0.15) is 27.2 Å². The third-order valence-electron chi connectivity index (χ3n) is 7.55. The molecule has 6 rings (SSSR count). The monoisotopic (exact) mass is 562 g/mol. The number of benzene rings is 3. The van der Waals surface area contributed by atoms with Crippen molar-refractivity contribution in [3.8, 4) is 22.8 Å². The van der Waals surface area contributed by atoms with Gasteiger partial charge in [0.1, 0.15) is 18.7 Å². The highest BCUT2D eigenvalue weighted by Crippen LogP contribution is 2.37. The van der Waals surface area contributed by atoms with E-state index in [0.717, 1.165) is 22.2 Å². The Hall–Kier alpha value is -5.15. The molecule has 1 N–H and O–H groups in total. The number of ketones is 1. The number of ether oxygens (including phenoxy) is 1. The van der Waals surface area contributed by atoms with Crippen LogP contribution in [0.25, 0.3) is 33.1 Å². The van der Waals surface area contributed by atoms with E-state index in [1.54, 1.807) is 29.8 Å². The van der Waals surface area contributed by atoms with Gasteiger partial charge in [-0.1, -0.05) is 48.0 Å². The largest absolute Gasteiger partial charge is 0.435 e. The van der Waals surface area contributed by atoms with Gasteiger partial charge in [0.15, 0.2) is 22.8 Å². The van der Waals surface area contributed by atoms with Crippen molar-refractivity contribution in [1.29, 1.82) is 0 Å². The molecule has 8 nitrogen and oxygen atoms in total. The average molecular weight is 563 g/mol. The number of aliphatic hydroxyl groups is 1. The molecule has 0 saturated heterocycles. The first-order chi connectivity index (χ1) is 20.3. The van der Waals surface area contributed by atoms with Crippen LogP contribution in [-0.2, 0) is 20.2 Å². The van der Waals surface area contributed by atoms with Crippen LogP contribution in [0.2, 0.25) is 0 Å². The summed E-state index contributed by atoms with van der Waals surface area (Å²) >= 11 is 0. The van der Waals surface area contributed by atoms with Gasteiger partial charge in [-0.15, -0.1) is 0 Å². The van der Waals surface area contributed by atoms with E-state index in [2.05, 4.69) is 9.97 Å². The smallest absolute Gasteiger partial charge is 0.232 e.